The van der Waals surface area contributed by atoms with Gasteiger partial charge in [0.1, 0.15) is 5.92 Å². The van der Waals surface area contributed by atoms with Crippen LogP contribution in [0.4, 0.5) is 13.2 Å². The van der Waals surface area contributed by atoms with E-state index in [2.05, 4.69) is 5.32 Å². The van der Waals surface area contributed by atoms with Crippen molar-refractivity contribution in [2.75, 3.05) is 13.2 Å². The molecule has 1 amide bonds. The number of carboxylic acid groups (broad SMARTS) is 1. The SMILES string of the molecule is O=C(NC1COCC1C(=O)O)C1CCCC(C(F)(F)F)C1. The van der Waals surface area contributed by atoms with Crippen molar-refractivity contribution in [3.8, 4) is 0 Å². The van der Waals surface area contributed by atoms with E-state index in [1.807, 2.05) is 0 Å². The van der Waals surface area contributed by atoms with Gasteiger partial charge in [0.05, 0.1) is 25.2 Å². The molecule has 1 saturated heterocycles. The summed E-state index contributed by atoms with van der Waals surface area (Å²) in [6, 6.07) is -0.665. The van der Waals surface area contributed by atoms with Crippen molar-refractivity contribution < 1.29 is 32.6 Å². The molecule has 1 aliphatic heterocycles. The fraction of sp³-hybridized carbons (Fsp3) is 0.846. The Morgan fingerprint density at radius 2 is 1.90 bits per heavy atom. The number of amides is 1. The minimum absolute atomic E-state index is 0.0100. The highest BCUT2D eigenvalue weighted by Crippen LogP contribution is 2.40. The van der Waals surface area contributed by atoms with Gasteiger partial charge in [-0.2, -0.15) is 13.2 Å². The molecule has 0 spiro atoms. The number of hydrogen-bond acceptors (Lipinski definition) is 3. The van der Waals surface area contributed by atoms with Gasteiger partial charge in [0.2, 0.25) is 5.91 Å². The number of alkyl halides is 3. The summed E-state index contributed by atoms with van der Waals surface area (Å²) >= 11 is 0. The maximum Gasteiger partial charge on any atom is 0.391 e. The lowest BCUT2D eigenvalue weighted by atomic mass is 9.80. The maximum atomic E-state index is 12.7. The largest absolute Gasteiger partial charge is 0.481 e. The Morgan fingerprint density at radius 1 is 1.19 bits per heavy atom. The number of aliphatic carboxylic acids is 1. The third-order valence-corrected chi connectivity index (χ3v) is 4.23. The molecule has 2 rings (SSSR count). The molecule has 4 unspecified atom stereocenters. The molecule has 5 nitrogen and oxygen atoms in total. The number of carbonyl (C=O) groups excluding carboxylic acids is 1. The predicted molar refractivity (Wildman–Crippen MR) is 65.4 cm³/mol. The molecule has 0 aromatic carbocycles. The smallest absolute Gasteiger partial charge is 0.391 e. The Hall–Kier alpha value is -1.31. The molecule has 1 heterocycles. The number of halogens is 3. The van der Waals surface area contributed by atoms with Gasteiger partial charge in [0, 0.05) is 5.92 Å². The van der Waals surface area contributed by atoms with Gasteiger partial charge < -0.3 is 15.2 Å². The summed E-state index contributed by atoms with van der Waals surface area (Å²) in [4.78, 5) is 23.0. The van der Waals surface area contributed by atoms with Crippen LogP contribution in [0, 0.1) is 17.8 Å². The van der Waals surface area contributed by atoms with Crippen LogP contribution in [0.3, 0.4) is 0 Å². The lowest BCUT2D eigenvalue weighted by Gasteiger charge is -2.30. The van der Waals surface area contributed by atoms with Crippen LogP contribution in [-0.4, -0.2) is 42.4 Å². The lowest BCUT2D eigenvalue weighted by Crippen LogP contribution is -2.46. The van der Waals surface area contributed by atoms with Crippen LogP contribution < -0.4 is 5.32 Å². The van der Waals surface area contributed by atoms with Crippen LogP contribution in [0.5, 0.6) is 0 Å². The van der Waals surface area contributed by atoms with E-state index < -0.39 is 41.8 Å². The predicted octanol–water partition coefficient (Wildman–Crippen LogP) is 1.57. The maximum absolute atomic E-state index is 12.7. The van der Waals surface area contributed by atoms with E-state index >= 15 is 0 Å². The number of carbonyl (C=O) groups is 2. The lowest BCUT2D eigenvalue weighted by molar-refractivity contribution is -0.186. The van der Waals surface area contributed by atoms with Gasteiger partial charge in [-0.15, -0.1) is 0 Å². The molecule has 1 saturated carbocycles. The minimum Gasteiger partial charge on any atom is -0.481 e. The zero-order chi connectivity index (χ0) is 15.6. The van der Waals surface area contributed by atoms with Crippen molar-refractivity contribution in [3.63, 3.8) is 0 Å². The second-order valence-corrected chi connectivity index (χ2v) is 5.70. The molecule has 0 aromatic rings. The first-order chi connectivity index (χ1) is 9.79. The highest BCUT2D eigenvalue weighted by molar-refractivity contribution is 5.80. The van der Waals surface area contributed by atoms with Gasteiger partial charge in [-0.05, 0) is 19.3 Å². The van der Waals surface area contributed by atoms with Crippen molar-refractivity contribution in [2.24, 2.45) is 17.8 Å². The van der Waals surface area contributed by atoms with Gasteiger partial charge in [-0.1, -0.05) is 6.42 Å². The Labute approximate surface area is 119 Å². The van der Waals surface area contributed by atoms with E-state index in [4.69, 9.17) is 9.84 Å². The first-order valence-corrected chi connectivity index (χ1v) is 6.96. The quantitative estimate of drug-likeness (QED) is 0.830. The third-order valence-electron chi connectivity index (χ3n) is 4.23. The van der Waals surface area contributed by atoms with Crippen LogP contribution in [-0.2, 0) is 14.3 Å². The zero-order valence-electron chi connectivity index (χ0n) is 11.4. The van der Waals surface area contributed by atoms with Crippen molar-refractivity contribution in [1.29, 1.82) is 0 Å². The van der Waals surface area contributed by atoms with Crippen LogP contribution >= 0.6 is 0 Å². The van der Waals surface area contributed by atoms with Gasteiger partial charge >= 0.3 is 12.1 Å². The number of ether oxygens (including phenoxy) is 1. The fourth-order valence-corrected chi connectivity index (χ4v) is 2.97. The Balaban J connectivity index is 1.92. The normalized spacial score (nSPS) is 33.7. The first kappa shape index (κ1) is 16.1. The van der Waals surface area contributed by atoms with Crippen LogP contribution in [0.2, 0.25) is 0 Å². The second-order valence-electron chi connectivity index (χ2n) is 5.70. The molecule has 21 heavy (non-hydrogen) atoms. The summed E-state index contributed by atoms with van der Waals surface area (Å²) in [6.07, 6.45) is -3.69. The summed E-state index contributed by atoms with van der Waals surface area (Å²) in [5.74, 6) is -4.56. The van der Waals surface area contributed by atoms with E-state index in [0.717, 1.165) is 0 Å². The van der Waals surface area contributed by atoms with E-state index in [1.165, 1.54) is 0 Å². The topological polar surface area (TPSA) is 75.6 Å². The monoisotopic (exact) mass is 309 g/mol. The van der Waals surface area contributed by atoms with E-state index in [9.17, 15) is 22.8 Å². The van der Waals surface area contributed by atoms with Gasteiger partial charge in [0.25, 0.3) is 0 Å². The standard InChI is InChI=1S/C13H18F3NO4/c14-13(15,16)8-3-1-2-7(4-8)11(18)17-10-6-21-5-9(10)12(19)20/h7-10H,1-6H2,(H,17,18)(H,19,20). The molecule has 2 fully saturated rings. The summed E-state index contributed by atoms with van der Waals surface area (Å²) in [5.41, 5.74) is 0. The summed E-state index contributed by atoms with van der Waals surface area (Å²) in [6.45, 7) is 0.0915. The zero-order valence-corrected chi connectivity index (χ0v) is 11.4. The van der Waals surface area contributed by atoms with E-state index in [-0.39, 0.29) is 26.1 Å². The van der Waals surface area contributed by atoms with Gasteiger partial charge in [-0.25, -0.2) is 0 Å². The number of hydrogen-bond donors (Lipinski definition) is 2. The Morgan fingerprint density at radius 3 is 2.52 bits per heavy atom. The first-order valence-electron chi connectivity index (χ1n) is 6.96. The Bertz CT molecular complexity index is 413. The van der Waals surface area contributed by atoms with Crippen molar-refractivity contribution in [3.05, 3.63) is 0 Å². The molecule has 4 atom stereocenters. The van der Waals surface area contributed by atoms with Crippen molar-refractivity contribution in [1.82, 2.24) is 5.32 Å². The second kappa shape index (κ2) is 6.21. The molecule has 2 N–H and O–H groups in total. The van der Waals surface area contributed by atoms with Crippen molar-refractivity contribution in [2.45, 2.75) is 37.9 Å². The summed E-state index contributed by atoms with van der Waals surface area (Å²) in [7, 11) is 0. The van der Waals surface area contributed by atoms with E-state index in [0.29, 0.717) is 12.8 Å². The molecular formula is C13H18F3NO4. The van der Waals surface area contributed by atoms with E-state index in [1.54, 1.807) is 0 Å². The summed E-state index contributed by atoms with van der Waals surface area (Å²) < 4.78 is 43.2. The summed E-state index contributed by atoms with van der Waals surface area (Å²) in [5, 5.41) is 11.5. The van der Waals surface area contributed by atoms with Crippen molar-refractivity contribution >= 4 is 11.9 Å². The Kier molecular flexibility index (Phi) is 4.75. The molecule has 0 aromatic heterocycles. The molecule has 8 heteroatoms. The number of rotatable bonds is 3. The molecule has 0 radical (unpaired) electrons. The highest BCUT2D eigenvalue weighted by atomic mass is 19.4. The van der Waals surface area contributed by atoms with Gasteiger partial charge in [-0.3, -0.25) is 9.59 Å². The van der Waals surface area contributed by atoms with Crippen LogP contribution in [0.15, 0.2) is 0 Å². The highest BCUT2D eigenvalue weighted by Gasteiger charge is 2.44. The molecular weight excluding hydrogens is 291 g/mol. The molecule has 2 aliphatic rings. The third kappa shape index (κ3) is 3.87. The van der Waals surface area contributed by atoms with Gasteiger partial charge in [0.15, 0.2) is 0 Å². The molecule has 1 aliphatic carbocycles. The number of nitrogens with one attached hydrogen (secondary N) is 1. The van der Waals surface area contributed by atoms with Crippen LogP contribution in [0.25, 0.3) is 0 Å². The average molecular weight is 309 g/mol. The number of carboxylic acids is 1. The molecule has 120 valence electrons. The average Bonchev–Trinajstić information content (AvgIpc) is 2.86. The fourth-order valence-electron chi connectivity index (χ4n) is 2.97. The molecule has 0 bridgehead atoms. The van der Waals surface area contributed by atoms with Crippen LogP contribution in [0.1, 0.15) is 25.7 Å². The minimum atomic E-state index is -4.28.